The van der Waals surface area contributed by atoms with Gasteiger partial charge >= 0.3 is 5.97 Å². The second-order valence-electron chi connectivity index (χ2n) is 4.90. The van der Waals surface area contributed by atoms with Crippen LogP contribution in [0.5, 0.6) is 0 Å². The molecule has 0 unspecified atom stereocenters. The first-order valence-corrected chi connectivity index (χ1v) is 6.75. The number of aliphatic hydroxyl groups is 1. The molecule has 0 aliphatic rings. The summed E-state index contributed by atoms with van der Waals surface area (Å²) in [6.45, 7) is 5.36. The molecule has 0 atom stereocenters. The quantitative estimate of drug-likeness (QED) is 0.560. The number of ether oxygens (including phenoxy) is 1. The minimum absolute atomic E-state index is 0.0830. The van der Waals surface area contributed by atoms with Crippen LogP contribution in [0.3, 0.4) is 0 Å². The zero-order valence-corrected chi connectivity index (χ0v) is 11.7. The molecule has 2 N–H and O–H groups in total. The molecule has 0 aromatic heterocycles. The zero-order chi connectivity index (χ0) is 14.1. The molecule has 0 aliphatic carbocycles. The van der Waals surface area contributed by atoms with Crippen molar-refractivity contribution in [3.8, 4) is 0 Å². The molecule has 1 aromatic carbocycles. The molecule has 4 heteroatoms. The van der Waals surface area contributed by atoms with E-state index >= 15 is 0 Å². The van der Waals surface area contributed by atoms with Crippen LogP contribution in [0.2, 0.25) is 0 Å². The van der Waals surface area contributed by atoms with Gasteiger partial charge in [-0.15, -0.1) is 0 Å². The Hall–Kier alpha value is -1.55. The fraction of sp³-hybridized carbons (Fsp3) is 0.533. The van der Waals surface area contributed by atoms with Crippen molar-refractivity contribution in [2.45, 2.75) is 26.7 Å². The molecule has 0 saturated carbocycles. The first-order chi connectivity index (χ1) is 9.13. The van der Waals surface area contributed by atoms with Gasteiger partial charge in [-0.1, -0.05) is 13.8 Å². The molecule has 0 saturated heterocycles. The summed E-state index contributed by atoms with van der Waals surface area (Å²) in [6.07, 6.45) is 1.97. The number of anilines is 1. The van der Waals surface area contributed by atoms with Gasteiger partial charge in [0.2, 0.25) is 0 Å². The lowest BCUT2D eigenvalue weighted by Crippen LogP contribution is -2.08. The van der Waals surface area contributed by atoms with Crippen molar-refractivity contribution < 1.29 is 14.6 Å². The van der Waals surface area contributed by atoms with E-state index in [2.05, 4.69) is 19.2 Å². The van der Waals surface area contributed by atoms with Crippen LogP contribution >= 0.6 is 0 Å². The predicted octanol–water partition coefficient (Wildman–Crippen LogP) is 2.68. The monoisotopic (exact) mass is 265 g/mol. The average molecular weight is 265 g/mol. The van der Waals surface area contributed by atoms with Crippen LogP contribution in [0.25, 0.3) is 0 Å². The number of benzene rings is 1. The third-order valence-electron chi connectivity index (χ3n) is 2.72. The lowest BCUT2D eigenvalue weighted by Gasteiger charge is -2.08. The van der Waals surface area contributed by atoms with E-state index < -0.39 is 0 Å². The van der Waals surface area contributed by atoms with Gasteiger partial charge in [-0.25, -0.2) is 4.79 Å². The summed E-state index contributed by atoms with van der Waals surface area (Å²) in [4.78, 5) is 11.7. The Morgan fingerprint density at radius 2 is 2.00 bits per heavy atom. The molecule has 0 heterocycles. The smallest absolute Gasteiger partial charge is 0.338 e. The van der Waals surface area contributed by atoms with Gasteiger partial charge in [0, 0.05) is 12.2 Å². The van der Waals surface area contributed by atoms with Crippen LogP contribution in [0.4, 0.5) is 5.69 Å². The van der Waals surface area contributed by atoms with Gasteiger partial charge in [0.1, 0.15) is 0 Å². The van der Waals surface area contributed by atoms with E-state index in [4.69, 9.17) is 9.84 Å². The first kappa shape index (κ1) is 15.5. The van der Waals surface area contributed by atoms with Crippen LogP contribution in [0.15, 0.2) is 24.3 Å². The number of carbonyl (C=O) groups is 1. The molecular weight excluding hydrogens is 242 g/mol. The maximum Gasteiger partial charge on any atom is 0.338 e. The number of hydrogen-bond donors (Lipinski definition) is 2. The van der Waals surface area contributed by atoms with E-state index in [1.54, 1.807) is 24.3 Å². The maximum absolute atomic E-state index is 11.7. The number of esters is 1. The summed E-state index contributed by atoms with van der Waals surface area (Å²) in [5, 5.41) is 11.7. The third-order valence-corrected chi connectivity index (χ3v) is 2.72. The van der Waals surface area contributed by atoms with Crippen LogP contribution in [0, 0.1) is 5.92 Å². The van der Waals surface area contributed by atoms with Crippen molar-refractivity contribution in [1.82, 2.24) is 0 Å². The predicted molar refractivity (Wildman–Crippen MR) is 76.4 cm³/mol. The molecule has 106 valence electrons. The lowest BCUT2D eigenvalue weighted by atomic mass is 10.1. The number of rotatable bonds is 8. The highest BCUT2D eigenvalue weighted by molar-refractivity contribution is 5.89. The fourth-order valence-electron chi connectivity index (χ4n) is 1.66. The Morgan fingerprint density at radius 3 is 2.58 bits per heavy atom. The molecule has 0 fully saturated rings. The molecule has 19 heavy (non-hydrogen) atoms. The molecule has 4 nitrogen and oxygen atoms in total. The minimum Gasteiger partial charge on any atom is -0.462 e. The van der Waals surface area contributed by atoms with Crippen LogP contribution < -0.4 is 5.32 Å². The van der Waals surface area contributed by atoms with E-state index in [1.807, 2.05) is 0 Å². The van der Waals surface area contributed by atoms with Gasteiger partial charge < -0.3 is 15.2 Å². The van der Waals surface area contributed by atoms with Crippen LogP contribution in [0.1, 0.15) is 37.0 Å². The largest absolute Gasteiger partial charge is 0.462 e. The highest BCUT2D eigenvalue weighted by Gasteiger charge is 2.06. The molecule has 1 rings (SSSR count). The van der Waals surface area contributed by atoms with E-state index in [-0.39, 0.29) is 12.6 Å². The number of aliphatic hydroxyl groups excluding tert-OH is 1. The second kappa shape index (κ2) is 8.53. The number of nitrogens with one attached hydrogen (secondary N) is 1. The zero-order valence-electron chi connectivity index (χ0n) is 11.7. The normalized spacial score (nSPS) is 10.5. The SMILES string of the molecule is CC(C)CCCOC(=O)c1ccc(NCCO)cc1. The van der Waals surface area contributed by atoms with E-state index in [1.165, 1.54) is 0 Å². The van der Waals surface area contributed by atoms with E-state index in [0.717, 1.165) is 18.5 Å². The second-order valence-corrected chi connectivity index (χ2v) is 4.90. The van der Waals surface area contributed by atoms with Gasteiger partial charge in [0.05, 0.1) is 18.8 Å². The lowest BCUT2D eigenvalue weighted by molar-refractivity contribution is 0.0495. The van der Waals surface area contributed by atoms with E-state index in [9.17, 15) is 4.79 Å². The molecule has 1 aromatic rings. The van der Waals surface area contributed by atoms with Crippen LogP contribution in [-0.4, -0.2) is 30.8 Å². The molecule has 0 spiro atoms. The standard InChI is InChI=1S/C15H23NO3/c1-12(2)4-3-11-19-15(18)13-5-7-14(8-6-13)16-9-10-17/h5-8,12,16-17H,3-4,9-11H2,1-2H3. The summed E-state index contributed by atoms with van der Waals surface area (Å²) in [5.41, 5.74) is 1.43. The maximum atomic E-state index is 11.7. The van der Waals surface area contributed by atoms with Gasteiger partial charge in [-0.05, 0) is 43.0 Å². The van der Waals surface area contributed by atoms with Crippen molar-refractivity contribution in [2.75, 3.05) is 25.1 Å². The molecule has 0 amide bonds. The molecule has 0 radical (unpaired) electrons. The summed E-state index contributed by atoms with van der Waals surface area (Å²) < 4.78 is 5.20. The topological polar surface area (TPSA) is 58.6 Å². The Kier molecular flexibility index (Phi) is 6.97. The Balaban J connectivity index is 2.36. The summed E-state index contributed by atoms with van der Waals surface area (Å²) in [7, 11) is 0. The summed E-state index contributed by atoms with van der Waals surface area (Å²) in [5.74, 6) is 0.355. The highest BCUT2D eigenvalue weighted by Crippen LogP contribution is 2.11. The van der Waals surface area contributed by atoms with Gasteiger partial charge in [0.15, 0.2) is 0 Å². The first-order valence-electron chi connectivity index (χ1n) is 6.75. The van der Waals surface area contributed by atoms with Crippen molar-refractivity contribution in [2.24, 2.45) is 5.92 Å². The van der Waals surface area contributed by atoms with Crippen molar-refractivity contribution in [3.63, 3.8) is 0 Å². The van der Waals surface area contributed by atoms with Crippen molar-refractivity contribution in [1.29, 1.82) is 0 Å². The van der Waals surface area contributed by atoms with Gasteiger partial charge in [-0.3, -0.25) is 0 Å². The highest BCUT2D eigenvalue weighted by atomic mass is 16.5. The Labute approximate surface area is 114 Å². The van der Waals surface area contributed by atoms with Crippen molar-refractivity contribution in [3.05, 3.63) is 29.8 Å². The fourth-order valence-corrected chi connectivity index (χ4v) is 1.66. The van der Waals surface area contributed by atoms with E-state index in [0.29, 0.717) is 24.6 Å². The molecular formula is C15H23NO3. The minimum atomic E-state index is -0.280. The Morgan fingerprint density at radius 1 is 1.32 bits per heavy atom. The number of hydrogen-bond acceptors (Lipinski definition) is 4. The number of carbonyl (C=O) groups excluding carboxylic acids is 1. The molecule has 0 bridgehead atoms. The summed E-state index contributed by atoms with van der Waals surface area (Å²) in [6, 6.07) is 7.07. The third kappa shape index (κ3) is 6.25. The summed E-state index contributed by atoms with van der Waals surface area (Å²) >= 11 is 0. The van der Waals surface area contributed by atoms with Gasteiger partial charge in [-0.2, -0.15) is 0 Å². The molecule has 0 aliphatic heterocycles. The average Bonchev–Trinajstić information content (AvgIpc) is 2.41. The van der Waals surface area contributed by atoms with Crippen LogP contribution in [-0.2, 0) is 4.74 Å². The van der Waals surface area contributed by atoms with Crippen molar-refractivity contribution >= 4 is 11.7 Å². The Bertz CT molecular complexity index is 373. The van der Waals surface area contributed by atoms with Gasteiger partial charge in [0.25, 0.3) is 0 Å².